The molecule has 0 aliphatic rings. The Bertz CT molecular complexity index is 1250. The van der Waals surface area contributed by atoms with Crippen LogP contribution in [0.2, 0.25) is 0 Å². The van der Waals surface area contributed by atoms with Gasteiger partial charge in [-0.1, -0.05) is 30.3 Å². The van der Waals surface area contributed by atoms with Gasteiger partial charge in [0, 0.05) is 26.8 Å². The van der Waals surface area contributed by atoms with Crippen molar-refractivity contribution in [3.05, 3.63) is 70.8 Å². The number of nitrogens with zero attached hydrogens (tertiary/aromatic N) is 2. The number of sulfone groups is 1. The number of carbonyl (C=O) groups is 2. The summed E-state index contributed by atoms with van der Waals surface area (Å²) in [7, 11) is -0.758. The van der Waals surface area contributed by atoms with Crippen LogP contribution < -0.4 is 5.32 Å². The van der Waals surface area contributed by atoms with Gasteiger partial charge in [0.15, 0.2) is 9.84 Å². The Hall–Kier alpha value is -3.65. The van der Waals surface area contributed by atoms with Crippen molar-refractivity contribution in [2.45, 2.75) is 23.5 Å². The quantitative estimate of drug-likeness (QED) is 0.472. The minimum absolute atomic E-state index is 0.0822. The van der Waals surface area contributed by atoms with Crippen LogP contribution in [0.3, 0.4) is 0 Å². The third-order valence-corrected chi connectivity index (χ3v) is 5.92. The van der Waals surface area contributed by atoms with Crippen LogP contribution in [-0.4, -0.2) is 51.5 Å². The van der Waals surface area contributed by atoms with Gasteiger partial charge >= 0.3 is 6.18 Å². The van der Waals surface area contributed by atoms with Crippen LogP contribution in [0.5, 0.6) is 0 Å². The Kier molecular flexibility index (Phi) is 8.23. The minimum atomic E-state index is -4.51. The first-order chi connectivity index (χ1) is 15.7. The number of hydrogen-bond donors (Lipinski definition) is 1. The van der Waals surface area contributed by atoms with E-state index in [1.54, 1.807) is 6.07 Å². The maximum absolute atomic E-state index is 12.8. The highest BCUT2D eigenvalue weighted by molar-refractivity contribution is 7.90. The van der Waals surface area contributed by atoms with Crippen molar-refractivity contribution < 1.29 is 31.2 Å². The van der Waals surface area contributed by atoms with Crippen LogP contribution in [0.25, 0.3) is 6.08 Å². The number of halogens is 3. The predicted molar refractivity (Wildman–Crippen MR) is 119 cm³/mol. The van der Waals surface area contributed by atoms with Gasteiger partial charge in [0.2, 0.25) is 5.91 Å². The van der Waals surface area contributed by atoms with Gasteiger partial charge < -0.3 is 10.2 Å². The number of nitriles is 1. The molecule has 0 spiro atoms. The molecule has 180 valence electrons. The molecule has 7 nitrogen and oxygen atoms in total. The van der Waals surface area contributed by atoms with Gasteiger partial charge in [-0.3, -0.25) is 9.59 Å². The summed E-state index contributed by atoms with van der Waals surface area (Å²) in [6.45, 7) is 0. The molecule has 11 heteroatoms. The van der Waals surface area contributed by atoms with E-state index in [4.69, 9.17) is 0 Å². The number of likely N-dealkylation sites (N-methyl/N-ethyl adjacent to an activating group) is 1. The Morgan fingerprint density at radius 1 is 1.12 bits per heavy atom. The number of benzene rings is 2. The highest BCUT2D eigenvalue weighted by Crippen LogP contribution is 2.29. The molecule has 2 rings (SSSR count). The van der Waals surface area contributed by atoms with Crippen molar-refractivity contribution in [2.24, 2.45) is 0 Å². The summed E-state index contributed by atoms with van der Waals surface area (Å²) < 4.78 is 62.4. The summed E-state index contributed by atoms with van der Waals surface area (Å²) in [6, 6.07) is 10.5. The topological polar surface area (TPSA) is 107 Å². The molecule has 0 aliphatic heterocycles. The van der Waals surface area contributed by atoms with E-state index in [0.29, 0.717) is 5.56 Å². The number of rotatable bonds is 7. The number of carbonyl (C=O) groups excluding carboxylic acids is 2. The molecule has 0 unspecified atom stereocenters. The molecule has 0 aromatic heterocycles. The molecule has 0 saturated heterocycles. The standard InChI is InChI=1S/C23H22F3N3O4S/c1-29(2)22(31)19(12-15-8-10-18(11-9-15)23(24,25)26)28-21(30)17(14-27)13-16-6-4-5-7-20(16)34(3,32)33/h4-11,13,19H,12H2,1-3H3,(H,28,30)/b17-13+/t19-/m0/s1. The Labute approximate surface area is 195 Å². The first-order valence-corrected chi connectivity index (χ1v) is 11.7. The number of hydrogen-bond acceptors (Lipinski definition) is 5. The summed E-state index contributed by atoms with van der Waals surface area (Å²) in [4.78, 5) is 26.5. The van der Waals surface area contributed by atoms with Crippen LogP contribution in [0.4, 0.5) is 13.2 Å². The largest absolute Gasteiger partial charge is 0.416 e. The lowest BCUT2D eigenvalue weighted by molar-refractivity contribution is -0.137. The van der Waals surface area contributed by atoms with E-state index < -0.39 is 45.0 Å². The van der Waals surface area contributed by atoms with Gasteiger partial charge in [-0.05, 0) is 35.4 Å². The minimum Gasteiger partial charge on any atom is -0.347 e. The first-order valence-electron chi connectivity index (χ1n) is 9.83. The molecule has 0 fully saturated rings. The molecule has 1 atom stereocenters. The van der Waals surface area contributed by atoms with E-state index >= 15 is 0 Å². The van der Waals surface area contributed by atoms with Gasteiger partial charge in [-0.25, -0.2) is 8.42 Å². The maximum Gasteiger partial charge on any atom is 0.416 e. The maximum atomic E-state index is 12.8. The third kappa shape index (κ3) is 6.92. The van der Waals surface area contributed by atoms with Crippen LogP contribution in [0.1, 0.15) is 16.7 Å². The zero-order valence-electron chi connectivity index (χ0n) is 18.6. The molecule has 2 aromatic rings. The summed E-state index contributed by atoms with van der Waals surface area (Å²) in [5, 5.41) is 11.9. The van der Waals surface area contributed by atoms with Crippen molar-refractivity contribution in [1.82, 2.24) is 10.2 Å². The molecule has 1 N–H and O–H groups in total. The van der Waals surface area contributed by atoms with Crippen molar-refractivity contribution in [2.75, 3.05) is 20.4 Å². The summed E-state index contributed by atoms with van der Waals surface area (Å²) in [5.74, 6) is -1.47. The third-order valence-electron chi connectivity index (χ3n) is 4.75. The second kappa shape index (κ2) is 10.5. The number of alkyl halides is 3. The molecule has 0 heterocycles. The SMILES string of the molecule is CN(C)C(=O)[C@H](Cc1ccc(C(F)(F)F)cc1)NC(=O)/C(C#N)=C/c1ccccc1S(C)(=O)=O. The average Bonchev–Trinajstić information content (AvgIpc) is 2.75. The van der Waals surface area contributed by atoms with E-state index in [1.807, 2.05) is 0 Å². The smallest absolute Gasteiger partial charge is 0.347 e. The second-order valence-corrected chi connectivity index (χ2v) is 9.62. The van der Waals surface area contributed by atoms with Gasteiger partial charge in [-0.2, -0.15) is 18.4 Å². The molecule has 2 aromatic carbocycles. The summed E-state index contributed by atoms with van der Waals surface area (Å²) in [6.07, 6.45) is -2.55. The van der Waals surface area contributed by atoms with E-state index in [9.17, 15) is 36.4 Å². The lowest BCUT2D eigenvalue weighted by atomic mass is 10.0. The van der Waals surface area contributed by atoms with E-state index in [0.717, 1.165) is 24.5 Å². The summed E-state index contributed by atoms with van der Waals surface area (Å²) in [5.41, 5.74) is -0.816. The van der Waals surface area contributed by atoms with Gasteiger partial charge in [0.05, 0.1) is 10.5 Å². The molecule has 0 radical (unpaired) electrons. The normalized spacial score (nSPS) is 13.0. The van der Waals surface area contributed by atoms with Crippen LogP contribution in [0.15, 0.2) is 59.0 Å². The van der Waals surface area contributed by atoms with Crippen molar-refractivity contribution in [3.8, 4) is 6.07 Å². The fourth-order valence-corrected chi connectivity index (χ4v) is 3.94. The highest BCUT2D eigenvalue weighted by Gasteiger charge is 2.30. The Morgan fingerprint density at radius 3 is 2.21 bits per heavy atom. The lowest BCUT2D eigenvalue weighted by Crippen LogP contribution is -2.47. The molecular weight excluding hydrogens is 471 g/mol. The average molecular weight is 494 g/mol. The van der Waals surface area contributed by atoms with Crippen LogP contribution >= 0.6 is 0 Å². The van der Waals surface area contributed by atoms with Gasteiger partial charge in [0.25, 0.3) is 5.91 Å². The number of amides is 2. The van der Waals surface area contributed by atoms with Crippen LogP contribution in [-0.2, 0) is 32.0 Å². The monoisotopic (exact) mass is 493 g/mol. The predicted octanol–water partition coefficient (Wildman–Crippen LogP) is 2.83. The lowest BCUT2D eigenvalue weighted by Gasteiger charge is -2.22. The van der Waals surface area contributed by atoms with E-state index in [-0.39, 0.29) is 16.9 Å². The fraction of sp³-hybridized carbons (Fsp3) is 0.261. The molecule has 0 bridgehead atoms. The Morgan fingerprint density at radius 2 is 1.71 bits per heavy atom. The zero-order valence-corrected chi connectivity index (χ0v) is 19.4. The summed E-state index contributed by atoms with van der Waals surface area (Å²) >= 11 is 0. The molecule has 2 amide bonds. The van der Waals surface area contributed by atoms with E-state index in [2.05, 4.69) is 5.32 Å². The zero-order chi connectivity index (χ0) is 25.7. The second-order valence-electron chi connectivity index (χ2n) is 7.64. The van der Waals surface area contributed by atoms with Gasteiger partial charge in [0.1, 0.15) is 17.7 Å². The van der Waals surface area contributed by atoms with Gasteiger partial charge in [-0.15, -0.1) is 0 Å². The molecule has 0 aliphatic carbocycles. The van der Waals surface area contributed by atoms with E-state index in [1.165, 1.54) is 55.4 Å². The molecular formula is C23H22F3N3O4S. The first kappa shape index (κ1) is 26.6. The highest BCUT2D eigenvalue weighted by atomic mass is 32.2. The molecule has 34 heavy (non-hydrogen) atoms. The fourth-order valence-electron chi connectivity index (χ4n) is 3.05. The van der Waals surface area contributed by atoms with Crippen molar-refractivity contribution >= 4 is 27.7 Å². The van der Waals surface area contributed by atoms with Crippen LogP contribution in [0, 0.1) is 11.3 Å². The molecule has 0 saturated carbocycles. The number of nitrogens with one attached hydrogen (secondary N) is 1. The Balaban J connectivity index is 2.34. The van der Waals surface area contributed by atoms with Crippen molar-refractivity contribution in [3.63, 3.8) is 0 Å². The van der Waals surface area contributed by atoms with Crippen molar-refractivity contribution in [1.29, 1.82) is 5.26 Å².